The Bertz CT molecular complexity index is 485. The van der Waals surface area contributed by atoms with Crippen LogP contribution in [0.15, 0.2) is 12.3 Å². The summed E-state index contributed by atoms with van der Waals surface area (Å²) < 4.78 is 0. The summed E-state index contributed by atoms with van der Waals surface area (Å²) in [5, 5.41) is 10.5. The second kappa shape index (κ2) is 4.19. The summed E-state index contributed by atoms with van der Waals surface area (Å²) >= 11 is 0. The number of nitrogens with zero attached hydrogens (tertiary/aromatic N) is 2. The van der Waals surface area contributed by atoms with Gasteiger partial charge < -0.3 is 5.73 Å². The normalized spacial score (nSPS) is 8.87. The van der Waals surface area contributed by atoms with Gasteiger partial charge in [0.1, 0.15) is 5.69 Å². The lowest BCUT2D eigenvalue weighted by atomic mass is 10.2. The Morgan fingerprint density at radius 1 is 1.67 bits per heavy atom. The Labute approximate surface area is 85.3 Å². The first-order valence-corrected chi connectivity index (χ1v) is 3.93. The molecule has 6 nitrogen and oxygen atoms in total. The van der Waals surface area contributed by atoms with Crippen molar-refractivity contribution >= 4 is 11.6 Å². The van der Waals surface area contributed by atoms with Gasteiger partial charge in [-0.25, -0.2) is 0 Å². The van der Waals surface area contributed by atoms with E-state index in [0.717, 1.165) is 0 Å². The van der Waals surface area contributed by atoms with Crippen LogP contribution in [-0.4, -0.2) is 15.8 Å². The van der Waals surface area contributed by atoms with Crippen LogP contribution < -0.4 is 5.73 Å². The Hall–Kier alpha value is -2.42. The van der Waals surface area contributed by atoms with Gasteiger partial charge in [0.2, 0.25) is 0 Å². The van der Waals surface area contributed by atoms with Crippen LogP contribution in [0.3, 0.4) is 0 Å². The topological polar surface area (TPSA) is 99.1 Å². The Kier molecular flexibility index (Phi) is 2.98. The van der Waals surface area contributed by atoms with Gasteiger partial charge >= 0.3 is 0 Å². The summed E-state index contributed by atoms with van der Waals surface area (Å²) in [7, 11) is 0. The van der Waals surface area contributed by atoms with Gasteiger partial charge in [0.25, 0.3) is 11.6 Å². The zero-order chi connectivity index (χ0) is 11.4. The fourth-order valence-corrected chi connectivity index (χ4v) is 0.908. The zero-order valence-electron chi connectivity index (χ0n) is 7.85. The maximum absolute atomic E-state index is 10.5. The Balaban J connectivity index is 3.15. The highest BCUT2D eigenvalue weighted by Crippen LogP contribution is 2.15. The Morgan fingerprint density at radius 2 is 2.33 bits per heavy atom. The third kappa shape index (κ3) is 2.77. The number of aromatic nitrogens is 1. The highest BCUT2D eigenvalue weighted by atomic mass is 16.6. The molecule has 1 aromatic rings. The second-order valence-electron chi connectivity index (χ2n) is 2.70. The molecule has 0 aromatic carbocycles. The molecule has 15 heavy (non-hydrogen) atoms. The van der Waals surface area contributed by atoms with Crippen LogP contribution >= 0.6 is 0 Å². The van der Waals surface area contributed by atoms with Crippen LogP contribution in [-0.2, 0) is 4.79 Å². The smallest absolute Gasteiger partial charge is 0.293 e. The summed E-state index contributed by atoms with van der Waals surface area (Å²) in [6.07, 6.45) is 1.35. The number of rotatable bonds is 1. The molecule has 0 radical (unpaired) electrons. The molecule has 1 amide bonds. The molecule has 0 unspecified atom stereocenters. The number of nitro groups is 1. The summed E-state index contributed by atoms with van der Waals surface area (Å²) in [6, 6.07) is 1.25. The van der Waals surface area contributed by atoms with E-state index in [1.807, 2.05) is 0 Å². The molecule has 0 aliphatic heterocycles. The first-order chi connectivity index (χ1) is 7.00. The summed E-state index contributed by atoms with van der Waals surface area (Å²) in [4.78, 5) is 24.1. The molecule has 0 aliphatic carbocycles. The minimum absolute atomic E-state index is 0.133. The van der Waals surface area contributed by atoms with Gasteiger partial charge in [0.05, 0.1) is 10.5 Å². The minimum Gasteiger partial charge on any atom is -0.359 e. The largest absolute Gasteiger partial charge is 0.359 e. The van der Waals surface area contributed by atoms with Gasteiger partial charge in [-0.2, -0.15) is 0 Å². The number of amides is 1. The van der Waals surface area contributed by atoms with Crippen molar-refractivity contribution in [2.45, 2.75) is 6.92 Å². The molecule has 0 saturated carbocycles. The number of aryl methyl sites for hydroxylation is 1. The van der Waals surface area contributed by atoms with E-state index in [4.69, 9.17) is 5.73 Å². The van der Waals surface area contributed by atoms with Gasteiger partial charge in [-0.3, -0.25) is 19.9 Å². The number of pyridine rings is 1. The van der Waals surface area contributed by atoms with Crippen molar-refractivity contribution in [1.82, 2.24) is 4.98 Å². The molecule has 0 fully saturated rings. The summed E-state index contributed by atoms with van der Waals surface area (Å²) in [6.45, 7) is 1.52. The number of nitrogens with two attached hydrogens (primary N) is 1. The van der Waals surface area contributed by atoms with E-state index in [2.05, 4.69) is 16.8 Å². The molecule has 0 aliphatic rings. The van der Waals surface area contributed by atoms with Gasteiger partial charge in [-0.15, -0.1) is 0 Å². The van der Waals surface area contributed by atoms with Crippen LogP contribution in [0.1, 0.15) is 11.3 Å². The lowest BCUT2D eigenvalue weighted by molar-refractivity contribution is -0.385. The summed E-state index contributed by atoms with van der Waals surface area (Å²) in [5.74, 6) is 3.66. The minimum atomic E-state index is -0.793. The molecule has 2 N–H and O–H groups in total. The van der Waals surface area contributed by atoms with E-state index >= 15 is 0 Å². The van der Waals surface area contributed by atoms with E-state index in [9.17, 15) is 14.9 Å². The maximum atomic E-state index is 10.5. The predicted molar refractivity (Wildman–Crippen MR) is 51.7 cm³/mol. The number of carbonyl (C=O) groups excluding carboxylic acids is 1. The van der Waals surface area contributed by atoms with Crippen LogP contribution in [0.5, 0.6) is 0 Å². The molecule has 0 atom stereocenters. The number of hydrogen-bond donors (Lipinski definition) is 1. The molecular formula is C9H7N3O3. The highest BCUT2D eigenvalue weighted by molar-refractivity contribution is 5.92. The van der Waals surface area contributed by atoms with Crippen LogP contribution in [0.2, 0.25) is 0 Å². The molecular weight excluding hydrogens is 198 g/mol. The van der Waals surface area contributed by atoms with Crippen molar-refractivity contribution in [3.05, 3.63) is 33.6 Å². The fraction of sp³-hybridized carbons (Fsp3) is 0.111. The van der Waals surface area contributed by atoms with Crippen LogP contribution in [0.4, 0.5) is 5.69 Å². The van der Waals surface area contributed by atoms with Crippen molar-refractivity contribution in [2.24, 2.45) is 5.73 Å². The first-order valence-electron chi connectivity index (χ1n) is 3.93. The lowest BCUT2D eigenvalue weighted by Gasteiger charge is -1.95. The standard InChI is InChI=1S/C9H7N3O3/c1-6-8(12(14)15)4-7(5-11-6)2-3-9(10)13/h4-5H,1H3,(H2,10,13). The van der Waals surface area contributed by atoms with E-state index in [0.29, 0.717) is 5.69 Å². The average Bonchev–Trinajstić information content (AvgIpc) is 2.16. The maximum Gasteiger partial charge on any atom is 0.293 e. The molecule has 0 spiro atoms. The zero-order valence-corrected chi connectivity index (χ0v) is 7.85. The molecule has 6 heteroatoms. The van der Waals surface area contributed by atoms with Crippen molar-refractivity contribution in [2.75, 3.05) is 0 Å². The quantitative estimate of drug-likeness (QED) is 0.400. The molecule has 1 aromatic heterocycles. The monoisotopic (exact) mass is 205 g/mol. The van der Waals surface area contributed by atoms with E-state index in [1.165, 1.54) is 19.2 Å². The van der Waals surface area contributed by atoms with Gasteiger partial charge in [-0.05, 0) is 6.92 Å². The lowest BCUT2D eigenvalue weighted by Crippen LogP contribution is -2.06. The van der Waals surface area contributed by atoms with Gasteiger partial charge in [0.15, 0.2) is 0 Å². The van der Waals surface area contributed by atoms with Crippen molar-refractivity contribution in [3.8, 4) is 11.8 Å². The predicted octanol–water partition coefficient (Wildman–Crippen LogP) is 0.135. The van der Waals surface area contributed by atoms with Crippen LogP contribution in [0, 0.1) is 28.9 Å². The summed E-state index contributed by atoms with van der Waals surface area (Å²) in [5.41, 5.74) is 5.25. The number of primary amides is 1. The number of carbonyl (C=O) groups is 1. The third-order valence-electron chi connectivity index (χ3n) is 1.59. The first kappa shape index (κ1) is 10.7. The highest BCUT2D eigenvalue weighted by Gasteiger charge is 2.11. The fourth-order valence-electron chi connectivity index (χ4n) is 0.908. The van der Waals surface area contributed by atoms with E-state index in [1.54, 1.807) is 0 Å². The molecule has 0 saturated heterocycles. The molecule has 1 rings (SSSR count). The van der Waals surface area contributed by atoms with Gasteiger partial charge in [0, 0.05) is 18.2 Å². The molecule has 76 valence electrons. The van der Waals surface area contributed by atoms with Crippen molar-refractivity contribution < 1.29 is 9.72 Å². The van der Waals surface area contributed by atoms with E-state index < -0.39 is 10.8 Å². The second-order valence-corrected chi connectivity index (χ2v) is 2.70. The average molecular weight is 205 g/mol. The van der Waals surface area contributed by atoms with Crippen molar-refractivity contribution in [3.63, 3.8) is 0 Å². The third-order valence-corrected chi connectivity index (χ3v) is 1.59. The Morgan fingerprint density at radius 3 is 2.87 bits per heavy atom. The van der Waals surface area contributed by atoms with Crippen molar-refractivity contribution in [1.29, 1.82) is 0 Å². The SMILES string of the molecule is Cc1ncc(C#CC(N)=O)cc1[N+](=O)[O-]. The molecule has 0 bridgehead atoms. The van der Waals surface area contributed by atoms with Crippen LogP contribution in [0.25, 0.3) is 0 Å². The van der Waals surface area contributed by atoms with Gasteiger partial charge in [-0.1, -0.05) is 5.92 Å². The number of hydrogen-bond acceptors (Lipinski definition) is 4. The molecule has 1 heterocycles. The van der Waals surface area contributed by atoms with E-state index in [-0.39, 0.29) is 11.3 Å².